The van der Waals surface area contributed by atoms with E-state index in [2.05, 4.69) is 403 Å². The second kappa shape index (κ2) is 33.0. The smallest absolute Gasteiger partial charge is 0.136 e. The average Bonchev–Trinajstić information content (AvgIpc) is 1.38. The molecule has 17 aromatic carbocycles. The Morgan fingerprint density at radius 3 is 0.971 bits per heavy atom. The molecule has 0 saturated carbocycles. The molecule has 0 unspecified atom stereocenters. The molecule has 105 heavy (non-hydrogen) atoms. The summed E-state index contributed by atoms with van der Waals surface area (Å²) >= 11 is 3.43. The Morgan fingerprint density at radius 1 is 0.219 bits per heavy atom. The van der Waals surface area contributed by atoms with Gasteiger partial charge in [0.2, 0.25) is 0 Å². The molecule has 3 heteroatoms. The van der Waals surface area contributed by atoms with Crippen LogP contribution in [0.3, 0.4) is 0 Å². The summed E-state index contributed by atoms with van der Waals surface area (Å²) in [6, 6.07) is 147. The van der Waals surface area contributed by atoms with E-state index in [4.69, 9.17) is 4.42 Å². The van der Waals surface area contributed by atoms with Gasteiger partial charge in [0.25, 0.3) is 0 Å². The number of furan rings is 1. The van der Waals surface area contributed by atoms with Crippen molar-refractivity contribution in [3.63, 3.8) is 0 Å². The maximum absolute atomic E-state index is 5.70. The molecular formula is C102H82BrNO. The van der Waals surface area contributed by atoms with Gasteiger partial charge < -0.3 is 9.32 Å². The number of fused-ring (bicyclic) bond motifs is 6. The van der Waals surface area contributed by atoms with Gasteiger partial charge in [0, 0.05) is 32.0 Å². The topological polar surface area (TPSA) is 16.4 Å². The van der Waals surface area contributed by atoms with Crippen LogP contribution in [0.4, 0.5) is 17.1 Å². The Hall–Kier alpha value is -12.7. The summed E-state index contributed by atoms with van der Waals surface area (Å²) in [4.78, 5) is 2.41. The van der Waals surface area contributed by atoms with E-state index in [0.717, 1.165) is 39.1 Å². The van der Waals surface area contributed by atoms with E-state index in [1.807, 2.05) is 30.3 Å². The number of anilines is 3. The van der Waals surface area contributed by atoms with Gasteiger partial charge in [-0.3, -0.25) is 0 Å². The largest absolute Gasteiger partial charge is 0.456 e. The fourth-order valence-electron chi connectivity index (χ4n) is 14.2. The molecule has 1 heterocycles. The van der Waals surface area contributed by atoms with Crippen molar-refractivity contribution in [1.82, 2.24) is 0 Å². The molecule has 0 saturated heterocycles. The van der Waals surface area contributed by atoms with Crippen molar-refractivity contribution in [2.75, 3.05) is 4.90 Å². The predicted molar refractivity (Wildman–Crippen MR) is 457 cm³/mol. The molecule has 0 aliphatic rings. The number of para-hydroxylation sites is 1. The summed E-state index contributed by atoms with van der Waals surface area (Å²) in [5.41, 5.74) is 27.6. The van der Waals surface area contributed by atoms with Gasteiger partial charge in [-0.15, -0.1) is 0 Å². The molecular weight excluding hydrogens is 1340 g/mol. The summed E-state index contributed by atoms with van der Waals surface area (Å²) in [6.45, 7) is 0. The fraction of sp³-hybridized carbons (Fsp3) is 0.0392. The molecule has 0 N–H and O–H groups in total. The summed E-state index contributed by atoms with van der Waals surface area (Å²) in [5, 5.41) is 7.30. The highest BCUT2D eigenvalue weighted by atomic mass is 79.9. The van der Waals surface area contributed by atoms with Gasteiger partial charge in [-0.05, 0) is 177 Å². The highest BCUT2D eigenvalue weighted by Crippen LogP contribution is 2.45. The van der Waals surface area contributed by atoms with E-state index < -0.39 is 0 Å². The zero-order valence-corrected chi connectivity index (χ0v) is 57.8. The van der Waals surface area contributed by atoms with E-state index in [9.17, 15) is 0 Å². The molecule has 508 valence electrons. The lowest BCUT2D eigenvalue weighted by Crippen LogP contribution is -2.10. The molecule has 0 radical (unpaired) electrons. The number of rotatable bonds is 13. The van der Waals surface area contributed by atoms with E-state index in [-0.39, 0.29) is 22.3 Å². The van der Waals surface area contributed by atoms with Crippen molar-refractivity contribution in [2.24, 2.45) is 0 Å². The molecule has 0 atom stereocenters. The maximum Gasteiger partial charge on any atom is 0.136 e. The normalized spacial score (nSPS) is 10.7. The molecule has 0 amide bonds. The number of halogens is 1. The van der Waals surface area contributed by atoms with E-state index in [1.54, 1.807) is 0 Å². The van der Waals surface area contributed by atoms with Crippen molar-refractivity contribution in [3.05, 3.63) is 428 Å². The van der Waals surface area contributed by atoms with Gasteiger partial charge >= 0.3 is 0 Å². The molecule has 1 aromatic heterocycles. The first kappa shape index (κ1) is 70.8. The lowest BCUT2D eigenvalue weighted by atomic mass is 9.89. The second-order valence-corrected chi connectivity index (χ2v) is 26.5. The van der Waals surface area contributed by atoms with Crippen molar-refractivity contribution in [1.29, 1.82) is 0 Å². The summed E-state index contributed by atoms with van der Waals surface area (Å²) in [6.07, 6.45) is 0.924. The van der Waals surface area contributed by atoms with Gasteiger partial charge in [-0.2, -0.15) is 0 Å². The number of hydrogen-bond donors (Lipinski definition) is 0. The lowest BCUT2D eigenvalue weighted by Gasteiger charge is -2.28. The van der Waals surface area contributed by atoms with Gasteiger partial charge in [0.15, 0.2) is 0 Å². The molecule has 18 rings (SSSR count). The van der Waals surface area contributed by atoms with Crippen molar-refractivity contribution >= 4 is 76.5 Å². The summed E-state index contributed by atoms with van der Waals surface area (Å²) in [5.74, 6) is 0. The van der Waals surface area contributed by atoms with Crippen LogP contribution in [0.25, 0.3) is 132 Å². The SMILES string of the molecule is Brc1ccc2c(c1)oc1ccccc12.C.C.C.c1ccc(-c2ccc(Cc3ccc(-c4ccccc4-c4ccccc4-c4ccccc4)cc3)cc2)cc1.c1ccc(-c2ccc(N(c3ccc(-c4ccccc4-c4ccccc4-c4ccccc4)cc3)c3cc4ccccc4c4ccccc34)cc2)cc1. The van der Waals surface area contributed by atoms with Crippen molar-refractivity contribution < 1.29 is 4.42 Å². The highest BCUT2D eigenvalue weighted by molar-refractivity contribution is 9.10. The van der Waals surface area contributed by atoms with Crippen LogP contribution in [0.15, 0.2) is 421 Å². The Balaban J connectivity index is 0.000000158. The lowest BCUT2D eigenvalue weighted by molar-refractivity contribution is 0.668. The van der Waals surface area contributed by atoms with Gasteiger partial charge in [-0.25, -0.2) is 0 Å². The van der Waals surface area contributed by atoms with Crippen LogP contribution in [-0.4, -0.2) is 0 Å². The van der Waals surface area contributed by atoms with Crippen molar-refractivity contribution in [3.8, 4) is 89.0 Å². The third kappa shape index (κ3) is 15.4. The van der Waals surface area contributed by atoms with Gasteiger partial charge in [0.05, 0.1) is 5.69 Å². The van der Waals surface area contributed by atoms with Crippen LogP contribution in [0, 0.1) is 0 Å². The molecule has 2 nitrogen and oxygen atoms in total. The van der Waals surface area contributed by atoms with Crippen molar-refractivity contribution in [2.45, 2.75) is 28.7 Å². The quantitative estimate of drug-likeness (QED) is 0.107. The average molecular weight is 1420 g/mol. The predicted octanol–water partition coefficient (Wildman–Crippen LogP) is 30.3. The Labute approximate surface area is 627 Å². The molecule has 0 fully saturated rings. The van der Waals surface area contributed by atoms with Crippen LogP contribution in [0.1, 0.15) is 33.4 Å². The van der Waals surface area contributed by atoms with Crippen LogP contribution in [0.5, 0.6) is 0 Å². The van der Waals surface area contributed by atoms with E-state index >= 15 is 0 Å². The van der Waals surface area contributed by atoms with Crippen LogP contribution < -0.4 is 4.90 Å². The highest BCUT2D eigenvalue weighted by Gasteiger charge is 2.20. The van der Waals surface area contributed by atoms with Gasteiger partial charge in [0.1, 0.15) is 11.2 Å². The van der Waals surface area contributed by atoms with Crippen LogP contribution in [0.2, 0.25) is 0 Å². The number of benzene rings is 17. The third-order valence-electron chi connectivity index (χ3n) is 19.2. The maximum atomic E-state index is 5.70. The first-order valence-corrected chi connectivity index (χ1v) is 35.6. The molecule has 0 spiro atoms. The van der Waals surface area contributed by atoms with E-state index in [0.29, 0.717) is 0 Å². The minimum atomic E-state index is 0. The number of nitrogens with zero attached hydrogens (tertiary/aromatic N) is 1. The molecule has 0 aliphatic carbocycles. The first-order valence-electron chi connectivity index (χ1n) is 34.8. The summed E-state index contributed by atoms with van der Waals surface area (Å²) < 4.78 is 6.75. The first-order chi connectivity index (χ1) is 50.5. The molecule has 0 aliphatic heterocycles. The van der Waals surface area contributed by atoms with Crippen LogP contribution >= 0.6 is 15.9 Å². The monoisotopic (exact) mass is 1420 g/mol. The fourth-order valence-corrected chi connectivity index (χ4v) is 14.5. The standard InChI is InChI=1S/C50H35N.C37H28.C12H7BrO.3CH4/c1-3-15-36(16-4-1)37-27-31-41(32-28-37)51(50-35-40-19-7-8-22-45(40)48-25-13-14-26-49(48)50)42-33-29-39(30-34-42)44-21-10-12-24-47(44)46-23-11-9-20-43(46)38-17-5-2-6-18-38;1-3-11-30(12-4-1)31-23-19-28(20-24-31)27-29-21-25-33(26-22-29)35-16-8-10-18-37(35)36-17-9-7-15-34(36)32-13-5-2-6-14-32;13-8-5-6-10-9-3-1-2-4-11(9)14-12(10)7-8;;;/h1-35H;1-26H,27H2;1-7H;3*1H4. The Kier molecular flexibility index (Phi) is 22.2. The Morgan fingerprint density at radius 2 is 0.524 bits per heavy atom. The minimum absolute atomic E-state index is 0. The van der Waals surface area contributed by atoms with E-state index in [1.165, 1.54) is 132 Å². The number of hydrogen-bond acceptors (Lipinski definition) is 2. The zero-order chi connectivity index (χ0) is 68.4. The molecule has 0 bridgehead atoms. The third-order valence-corrected chi connectivity index (χ3v) is 19.7. The zero-order valence-electron chi connectivity index (χ0n) is 56.2. The minimum Gasteiger partial charge on any atom is -0.456 e. The van der Waals surface area contributed by atoms with Crippen LogP contribution in [-0.2, 0) is 6.42 Å². The Bertz CT molecular complexity index is 5870. The second-order valence-electron chi connectivity index (χ2n) is 25.5. The summed E-state index contributed by atoms with van der Waals surface area (Å²) in [7, 11) is 0. The molecule has 18 aromatic rings. The van der Waals surface area contributed by atoms with Gasteiger partial charge in [-0.1, -0.05) is 396 Å².